The third-order valence-corrected chi connectivity index (χ3v) is 7.11. The van der Waals surface area contributed by atoms with Crippen LogP contribution in [0.1, 0.15) is 49.4 Å². The third kappa shape index (κ3) is 3.79. The highest BCUT2D eigenvalue weighted by Gasteiger charge is 2.34. The van der Waals surface area contributed by atoms with Crippen LogP contribution in [0.5, 0.6) is 23.0 Å². The van der Waals surface area contributed by atoms with E-state index >= 15 is 0 Å². The van der Waals surface area contributed by atoms with Crippen LogP contribution in [-0.2, 0) is 0 Å². The fourth-order valence-electron chi connectivity index (χ4n) is 5.38. The second kappa shape index (κ2) is 8.79. The first-order chi connectivity index (χ1) is 17.5. The quantitative estimate of drug-likeness (QED) is 0.243. The molecule has 0 aliphatic carbocycles. The Hall–Kier alpha value is -4.19. The number of rotatable bonds is 6. The van der Waals surface area contributed by atoms with Gasteiger partial charge in [-0.3, -0.25) is 4.68 Å². The minimum Gasteiger partial charge on any atom is -0.508 e. The van der Waals surface area contributed by atoms with Crippen molar-refractivity contribution in [3.8, 4) is 23.0 Å². The van der Waals surface area contributed by atoms with Gasteiger partial charge >= 0.3 is 0 Å². The summed E-state index contributed by atoms with van der Waals surface area (Å²) >= 11 is 0. The van der Waals surface area contributed by atoms with Crippen molar-refractivity contribution in [2.75, 3.05) is 12.0 Å². The monoisotopic (exact) mass is 479 g/mol. The van der Waals surface area contributed by atoms with Gasteiger partial charge in [-0.25, -0.2) is 4.98 Å². The summed E-state index contributed by atoms with van der Waals surface area (Å²) in [7, 11) is 0. The average Bonchev–Trinajstić information content (AvgIpc) is 3.34. The highest BCUT2D eigenvalue weighted by molar-refractivity contribution is 5.95. The van der Waals surface area contributed by atoms with E-state index < -0.39 is 0 Å². The minimum absolute atomic E-state index is 0.202. The van der Waals surface area contributed by atoms with Crippen molar-refractivity contribution in [2.45, 2.75) is 32.6 Å². The molecule has 0 amide bonds. The lowest BCUT2D eigenvalue weighted by molar-refractivity contribution is 0.454. The Balaban J connectivity index is 1.56. The Morgan fingerprint density at radius 2 is 1.50 bits per heavy atom. The highest BCUT2D eigenvalue weighted by atomic mass is 16.5. The molecule has 1 aliphatic rings. The SMILES string of the molecule is CCCC(C)CNn1cnc(C2c3c(ccc4ccc(O)cc34)Oc3ccc4ccc(O)cc4c32)c1. The van der Waals surface area contributed by atoms with Gasteiger partial charge in [0.25, 0.3) is 0 Å². The van der Waals surface area contributed by atoms with Crippen molar-refractivity contribution < 1.29 is 14.9 Å². The molecule has 3 N–H and O–H groups in total. The summed E-state index contributed by atoms with van der Waals surface area (Å²) in [6.07, 6.45) is 6.17. The van der Waals surface area contributed by atoms with Gasteiger partial charge in [-0.2, -0.15) is 0 Å². The molecule has 1 atom stereocenters. The van der Waals surface area contributed by atoms with E-state index in [0.29, 0.717) is 5.92 Å². The summed E-state index contributed by atoms with van der Waals surface area (Å²) in [6, 6.07) is 18.8. The second-order valence-electron chi connectivity index (χ2n) is 9.76. The van der Waals surface area contributed by atoms with E-state index in [-0.39, 0.29) is 17.4 Å². The van der Waals surface area contributed by atoms with Crippen LogP contribution in [0, 0.1) is 5.92 Å². The smallest absolute Gasteiger partial charge is 0.132 e. The fourth-order valence-corrected chi connectivity index (χ4v) is 5.38. The molecule has 2 heterocycles. The lowest BCUT2D eigenvalue weighted by Gasteiger charge is -2.30. The lowest BCUT2D eigenvalue weighted by atomic mass is 9.81. The number of nitrogens with one attached hydrogen (secondary N) is 1. The fraction of sp³-hybridized carbons (Fsp3) is 0.233. The van der Waals surface area contributed by atoms with Gasteiger partial charge in [-0.15, -0.1) is 0 Å². The van der Waals surface area contributed by atoms with Crippen LogP contribution >= 0.6 is 0 Å². The van der Waals surface area contributed by atoms with E-state index in [1.165, 1.54) is 6.42 Å². The van der Waals surface area contributed by atoms with E-state index in [1.807, 2.05) is 53.6 Å². The zero-order valence-electron chi connectivity index (χ0n) is 20.4. The van der Waals surface area contributed by atoms with E-state index in [9.17, 15) is 10.2 Å². The molecule has 36 heavy (non-hydrogen) atoms. The van der Waals surface area contributed by atoms with Crippen molar-refractivity contribution in [3.63, 3.8) is 0 Å². The maximum absolute atomic E-state index is 10.4. The summed E-state index contributed by atoms with van der Waals surface area (Å²) in [5.74, 6) is 2.19. The van der Waals surface area contributed by atoms with Crippen molar-refractivity contribution in [1.82, 2.24) is 9.66 Å². The molecule has 4 aromatic carbocycles. The number of hydrogen-bond acceptors (Lipinski definition) is 5. The first-order valence-corrected chi connectivity index (χ1v) is 12.5. The molecule has 0 fully saturated rings. The second-order valence-corrected chi connectivity index (χ2v) is 9.76. The van der Waals surface area contributed by atoms with Crippen molar-refractivity contribution in [2.24, 2.45) is 5.92 Å². The van der Waals surface area contributed by atoms with Crippen LogP contribution < -0.4 is 10.2 Å². The summed E-state index contributed by atoms with van der Waals surface area (Å²) in [4.78, 5) is 4.84. The summed E-state index contributed by atoms with van der Waals surface area (Å²) in [5.41, 5.74) is 6.25. The van der Waals surface area contributed by atoms with Gasteiger partial charge in [0.15, 0.2) is 0 Å². The molecule has 0 bridgehead atoms. The molecule has 5 aromatic rings. The molecular weight excluding hydrogens is 450 g/mol. The van der Waals surface area contributed by atoms with Crippen LogP contribution in [-0.4, -0.2) is 26.4 Å². The normalized spacial score (nSPS) is 13.8. The Morgan fingerprint density at radius 3 is 2.08 bits per heavy atom. The Labute approximate surface area is 209 Å². The number of hydrogen-bond donors (Lipinski definition) is 3. The molecule has 6 nitrogen and oxygen atoms in total. The number of aromatic nitrogens is 2. The van der Waals surface area contributed by atoms with Crippen molar-refractivity contribution in [3.05, 3.63) is 90.0 Å². The number of ether oxygens (including phenoxy) is 1. The maximum Gasteiger partial charge on any atom is 0.132 e. The molecule has 0 spiro atoms. The third-order valence-electron chi connectivity index (χ3n) is 7.11. The van der Waals surface area contributed by atoms with Gasteiger partial charge in [0, 0.05) is 17.7 Å². The number of phenolic OH excluding ortho intramolecular Hbond substituents is 2. The Morgan fingerprint density at radius 1 is 0.917 bits per heavy atom. The Kier molecular flexibility index (Phi) is 5.44. The van der Waals surface area contributed by atoms with Crippen molar-refractivity contribution >= 4 is 21.5 Å². The van der Waals surface area contributed by atoms with Crippen LogP contribution in [0.4, 0.5) is 0 Å². The summed E-state index contributed by atoms with van der Waals surface area (Å²) in [5, 5.41) is 24.6. The first-order valence-electron chi connectivity index (χ1n) is 12.5. The predicted molar refractivity (Wildman–Crippen MR) is 143 cm³/mol. The molecular formula is C30H29N3O3. The summed E-state index contributed by atoms with van der Waals surface area (Å²) < 4.78 is 8.36. The first kappa shape index (κ1) is 22.3. The van der Waals surface area contributed by atoms with Gasteiger partial charge in [0.05, 0.1) is 17.8 Å². The number of benzene rings is 4. The highest BCUT2D eigenvalue weighted by Crippen LogP contribution is 2.52. The molecule has 182 valence electrons. The maximum atomic E-state index is 10.4. The predicted octanol–water partition coefficient (Wildman–Crippen LogP) is 6.87. The van der Waals surface area contributed by atoms with E-state index in [2.05, 4.69) is 19.3 Å². The van der Waals surface area contributed by atoms with Crippen LogP contribution in [0.15, 0.2) is 73.2 Å². The van der Waals surface area contributed by atoms with Gasteiger partial charge < -0.3 is 20.4 Å². The van der Waals surface area contributed by atoms with E-state index in [4.69, 9.17) is 9.72 Å². The van der Waals surface area contributed by atoms with Gasteiger partial charge in [-0.1, -0.05) is 44.5 Å². The molecule has 0 saturated heterocycles. The molecule has 0 saturated carbocycles. The molecule has 6 rings (SSSR count). The van der Waals surface area contributed by atoms with E-state index in [1.54, 1.807) is 24.3 Å². The van der Waals surface area contributed by atoms with Gasteiger partial charge in [0.2, 0.25) is 0 Å². The van der Waals surface area contributed by atoms with Gasteiger partial charge in [0.1, 0.15) is 29.3 Å². The average molecular weight is 480 g/mol. The van der Waals surface area contributed by atoms with Crippen LogP contribution in [0.3, 0.4) is 0 Å². The lowest BCUT2D eigenvalue weighted by Crippen LogP contribution is -2.19. The van der Waals surface area contributed by atoms with E-state index in [0.717, 1.165) is 62.8 Å². The molecule has 1 aromatic heterocycles. The number of aromatic hydroxyl groups is 2. The molecule has 6 heteroatoms. The zero-order chi connectivity index (χ0) is 24.8. The van der Waals surface area contributed by atoms with Crippen LogP contribution in [0.25, 0.3) is 21.5 Å². The standard InChI is InChI=1S/C30H29N3O3/c1-3-4-18(2)15-32-33-16-25(31-17-33)30-28-23-13-21(34)9-5-19(23)7-11-26(28)36-27-12-8-20-6-10-22(35)14-24(20)29(27)30/h5-14,16-18,30,32,34-35H,3-4,15H2,1-2H3. The van der Waals surface area contributed by atoms with Crippen LogP contribution in [0.2, 0.25) is 0 Å². The molecule has 1 unspecified atom stereocenters. The number of fused-ring (bicyclic) bond motifs is 6. The Bertz CT molecular complexity index is 1500. The van der Waals surface area contributed by atoms with Gasteiger partial charge in [-0.05, 0) is 70.3 Å². The number of phenols is 2. The number of imidazole rings is 1. The molecule has 1 aliphatic heterocycles. The largest absolute Gasteiger partial charge is 0.508 e. The molecule has 0 radical (unpaired) electrons. The zero-order valence-corrected chi connectivity index (χ0v) is 20.4. The topological polar surface area (TPSA) is 79.5 Å². The summed E-state index contributed by atoms with van der Waals surface area (Å²) in [6.45, 7) is 5.31. The van der Waals surface area contributed by atoms with Crippen molar-refractivity contribution in [1.29, 1.82) is 0 Å². The number of nitrogens with zero attached hydrogens (tertiary/aromatic N) is 2. The minimum atomic E-state index is -0.254.